The van der Waals surface area contributed by atoms with Gasteiger partial charge in [-0.1, -0.05) is 0 Å². The van der Waals surface area contributed by atoms with E-state index in [1.807, 2.05) is 0 Å². The maximum Gasteiger partial charge on any atom is 0.322 e. The summed E-state index contributed by atoms with van der Waals surface area (Å²) in [6, 6.07) is 0. The minimum atomic E-state index is -3.32. The Morgan fingerprint density at radius 2 is 2.13 bits per heavy atom. The quantitative estimate of drug-likeness (QED) is 0.674. The summed E-state index contributed by atoms with van der Waals surface area (Å²) < 4.78 is 25.4. The van der Waals surface area contributed by atoms with Gasteiger partial charge in [-0.25, -0.2) is 0 Å². The van der Waals surface area contributed by atoms with Gasteiger partial charge < -0.3 is 4.90 Å². The minimum Gasteiger partial charge on any atom is -0.335 e. The molecule has 1 amide bonds. The van der Waals surface area contributed by atoms with Gasteiger partial charge in [0.2, 0.25) is 0 Å². The molecule has 2 aliphatic heterocycles. The van der Waals surface area contributed by atoms with E-state index >= 15 is 0 Å². The van der Waals surface area contributed by atoms with Gasteiger partial charge in [0.25, 0.3) is 5.91 Å². The van der Waals surface area contributed by atoms with Crippen molar-refractivity contribution in [1.82, 2.24) is 4.90 Å². The van der Waals surface area contributed by atoms with Crippen LogP contribution in [0.5, 0.6) is 0 Å². The van der Waals surface area contributed by atoms with Gasteiger partial charge in [0.15, 0.2) is 5.78 Å². The molecule has 2 fully saturated rings. The topological polar surface area (TPSA) is 37.4 Å². The third kappa shape index (κ3) is 1.64. The largest absolute Gasteiger partial charge is 0.335 e. The summed E-state index contributed by atoms with van der Waals surface area (Å²) >= 11 is 1.51. The summed E-state index contributed by atoms with van der Waals surface area (Å²) in [5, 5.41) is 0. The third-order valence-electron chi connectivity index (χ3n) is 2.85. The highest BCUT2D eigenvalue weighted by molar-refractivity contribution is 8.00. The van der Waals surface area contributed by atoms with E-state index in [-0.39, 0.29) is 18.9 Å². The SMILES string of the molecule is CC(F)(F)C(=O)N1CC2(CSCC2=O)C1. The fourth-order valence-electron chi connectivity index (χ4n) is 1.95. The van der Waals surface area contributed by atoms with Crippen molar-refractivity contribution >= 4 is 23.5 Å². The van der Waals surface area contributed by atoms with Gasteiger partial charge in [-0.15, -0.1) is 0 Å². The van der Waals surface area contributed by atoms with Crippen LogP contribution in [0.25, 0.3) is 0 Å². The molecule has 0 N–H and O–H groups in total. The number of likely N-dealkylation sites (tertiary alicyclic amines) is 1. The van der Waals surface area contributed by atoms with Gasteiger partial charge in [0.1, 0.15) is 0 Å². The second-order valence-corrected chi connectivity index (χ2v) is 5.23. The molecular formula is C9H11F2NO2S. The van der Waals surface area contributed by atoms with Gasteiger partial charge in [-0.2, -0.15) is 20.5 Å². The molecule has 0 aromatic heterocycles. The van der Waals surface area contributed by atoms with Gasteiger partial charge in [-0.05, 0) is 0 Å². The molecule has 0 unspecified atom stereocenters. The Balaban J connectivity index is 1.99. The molecule has 2 saturated heterocycles. The van der Waals surface area contributed by atoms with Crippen molar-refractivity contribution in [3.63, 3.8) is 0 Å². The number of rotatable bonds is 1. The van der Waals surface area contributed by atoms with Crippen LogP contribution in [0.2, 0.25) is 0 Å². The summed E-state index contributed by atoms with van der Waals surface area (Å²) in [6.45, 7) is 0.924. The summed E-state index contributed by atoms with van der Waals surface area (Å²) in [7, 11) is 0. The molecule has 0 bridgehead atoms. The number of Topliss-reactive ketones (excluding diaryl/α,β-unsaturated/α-hetero) is 1. The highest BCUT2D eigenvalue weighted by Gasteiger charge is 2.55. The fourth-order valence-corrected chi connectivity index (χ4v) is 3.27. The molecule has 15 heavy (non-hydrogen) atoms. The van der Waals surface area contributed by atoms with Crippen LogP contribution in [0.3, 0.4) is 0 Å². The molecule has 0 atom stereocenters. The lowest BCUT2D eigenvalue weighted by molar-refractivity contribution is -0.167. The molecule has 0 saturated carbocycles. The average molecular weight is 235 g/mol. The molecule has 0 radical (unpaired) electrons. The fraction of sp³-hybridized carbons (Fsp3) is 0.778. The number of hydrogen-bond acceptors (Lipinski definition) is 3. The maximum atomic E-state index is 12.7. The Labute approximate surface area is 90.2 Å². The van der Waals surface area contributed by atoms with Gasteiger partial charge in [-0.3, -0.25) is 9.59 Å². The van der Waals surface area contributed by atoms with Crippen molar-refractivity contribution in [2.75, 3.05) is 24.6 Å². The van der Waals surface area contributed by atoms with Crippen LogP contribution in [-0.2, 0) is 9.59 Å². The smallest absolute Gasteiger partial charge is 0.322 e. The monoisotopic (exact) mass is 235 g/mol. The molecule has 0 aromatic carbocycles. The Morgan fingerprint density at radius 1 is 1.53 bits per heavy atom. The van der Waals surface area contributed by atoms with Crippen LogP contribution in [0.15, 0.2) is 0 Å². The Bertz CT molecular complexity index is 321. The Morgan fingerprint density at radius 3 is 2.53 bits per heavy atom. The predicted octanol–water partition coefficient (Wildman–Crippen LogP) is 0.786. The van der Waals surface area contributed by atoms with Crippen LogP contribution in [0.1, 0.15) is 6.92 Å². The summed E-state index contributed by atoms with van der Waals surface area (Å²) in [5.41, 5.74) is -0.508. The number of carbonyl (C=O) groups is 2. The Hall–Kier alpha value is -0.650. The molecule has 3 nitrogen and oxygen atoms in total. The van der Waals surface area contributed by atoms with Gasteiger partial charge >= 0.3 is 5.92 Å². The number of ketones is 1. The number of amides is 1. The molecule has 2 rings (SSSR count). The zero-order valence-electron chi connectivity index (χ0n) is 8.26. The van der Waals surface area contributed by atoms with E-state index in [0.29, 0.717) is 18.4 Å². The first-order valence-electron chi connectivity index (χ1n) is 4.63. The van der Waals surface area contributed by atoms with E-state index in [9.17, 15) is 18.4 Å². The third-order valence-corrected chi connectivity index (χ3v) is 4.08. The van der Waals surface area contributed by atoms with Crippen LogP contribution in [-0.4, -0.2) is 47.1 Å². The number of nitrogens with zero attached hydrogens (tertiary/aromatic N) is 1. The van der Waals surface area contributed by atoms with Crippen molar-refractivity contribution in [1.29, 1.82) is 0 Å². The lowest BCUT2D eigenvalue weighted by Crippen LogP contribution is -2.64. The standard InChI is InChI=1S/C9H11F2NO2S/c1-8(10,11)7(14)12-3-9(4-12)5-15-2-6(9)13/h2-5H2,1H3. The molecule has 0 aliphatic carbocycles. The second kappa shape index (κ2) is 3.17. The van der Waals surface area contributed by atoms with E-state index in [0.717, 1.165) is 4.90 Å². The summed E-state index contributed by atoms with van der Waals surface area (Å²) in [5.74, 6) is -3.29. The normalized spacial score (nSPS) is 24.5. The van der Waals surface area contributed by atoms with Crippen LogP contribution in [0.4, 0.5) is 8.78 Å². The van der Waals surface area contributed by atoms with Crippen LogP contribution < -0.4 is 0 Å². The minimum absolute atomic E-state index is 0.0935. The van der Waals surface area contributed by atoms with E-state index in [1.165, 1.54) is 11.8 Å². The van der Waals surface area contributed by atoms with Gasteiger partial charge in [0, 0.05) is 25.8 Å². The first-order chi connectivity index (χ1) is 6.85. The van der Waals surface area contributed by atoms with Crippen molar-refractivity contribution in [3.05, 3.63) is 0 Å². The van der Waals surface area contributed by atoms with Crippen molar-refractivity contribution < 1.29 is 18.4 Å². The molecule has 1 spiro atoms. The van der Waals surface area contributed by atoms with E-state index in [4.69, 9.17) is 0 Å². The number of alkyl halides is 2. The molecule has 2 aliphatic rings. The number of carbonyl (C=O) groups excluding carboxylic acids is 2. The van der Waals surface area contributed by atoms with Crippen molar-refractivity contribution in [2.24, 2.45) is 5.41 Å². The average Bonchev–Trinajstić information content (AvgIpc) is 2.41. The summed E-state index contributed by atoms with van der Waals surface area (Å²) in [4.78, 5) is 23.7. The number of halogens is 2. The first kappa shape index (κ1) is 10.9. The first-order valence-corrected chi connectivity index (χ1v) is 5.79. The Kier molecular flexibility index (Phi) is 2.29. The van der Waals surface area contributed by atoms with Crippen molar-refractivity contribution in [3.8, 4) is 0 Å². The maximum absolute atomic E-state index is 12.7. The van der Waals surface area contributed by atoms with Gasteiger partial charge in [0.05, 0.1) is 11.2 Å². The molecule has 0 aromatic rings. The zero-order chi connectivity index (χ0) is 11.3. The lowest BCUT2D eigenvalue weighted by atomic mass is 9.78. The highest BCUT2D eigenvalue weighted by atomic mass is 32.2. The van der Waals surface area contributed by atoms with Crippen LogP contribution in [0, 0.1) is 5.41 Å². The van der Waals surface area contributed by atoms with Crippen molar-refractivity contribution in [2.45, 2.75) is 12.8 Å². The highest BCUT2D eigenvalue weighted by Crippen LogP contribution is 2.41. The molecule has 2 heterocycles. The van der Waals surface area contributed by atoms with E-state index < -0.39 is 17.2 Å². The second-order valence-electron chi connectivity index (χ2n) is 4.25. The predicted molar refractivity (Wildman–Crippen MR) is 52.0 cm³/mol. The van der Waals surface area contributed by atoms with E-state index in [2.05, 4.69) is 0 Å². The lowest BCUT2D eigenvalue weighted by Gasteiger charge is -2.46. The zero-order valence-corrected chi connectivity index (χ0v) is 9.07. The number of hydrogen-bond donors (Lipinski definition) is 0. The molecular weight excluding hydrogens is 224 g/mol. The number of thioether (sulfide) groups is 1. The van der Waals surface area contributed by atoms with Crippen LogP contribution >= 0.6 is 11.8 Å². The van der Waals surface area contributed by atoms with E-state index in [1.54, 1.807) is 0 Å². The molecule has 6 heteroatoms. The summed E-state index contributed by atoms with van der Waals surface area (Å²) in [6.07, 6.45) is 0. The molecule has 84 valence electrons.